The number of nitrogens with zero attached hydrogens (tertiary/aromatic N) is 2. The molecule has 3 rings (SSSR count). The Morgan fingerprint density at radius 1 is 0.784 bits per heavy atom. The zero-order valence-electron chi connectivity index (χ0n) is 22.0. The molecule has 0 bridgehead atoms. The van der Waals surface area contributed by atoms with Crippen LogP contribution >= 0.6 is 22.9 Å². The van der Waals surface area contributed by atoms with E-state index in [1.54, 1.807) is 6.07 Å². The van der Waals surface area contributed by atoms with Gasteiger partial charge in [0.15, 0.2) is 0 Å². The second-order valence-corrected chi connectivity index (χ2v) is 10.7. The maximum absolute atomic E-state index is 10.0. The van der Waals surface area contributed by atoms with Gasteiger partial charge in [-0.1, -0.05) is 55.5 Å². The van der Waals surface area contributed by atoms with Crippen LogP contribution < -0.4 is 14.9 Å². The first kappa shape index (κ1) is 29.2. The molecule has 3 aromatic carbocycles. The fourth-order valence-electron chi connectivity index (χ4n) is 4.03. The van der Waals surface area contributed by atoms with Crippen LogP contribution in [-0.2, 0) is 0 Å². The van der Waals surface area contributed by atoms with Crippen molar-refractivity contribution < 1.29 is 19.5 Å². The summed E-state index contributed by atoms with van der Waals surface area (Å²) in [4.78, 5) is 2.09. The summed E-state index contributed by atoms with van der Waals surface area (Å²) in [6.45, 7) is 4.83. The third kappa shape index (κ3) is 8.86. The molecule has 0 aromatic heterocycles. The molecule has 0 aliphatic rings. The first-order valence-electron chi connectivity index (χ1n) is 12.5. The average molecular weight is 614 g/mol. The molecule has 0 aliphatic carbocycles. The Morgan fingerprint density at radius 2 is 1.41 bits per heavy atom. The van der Waals surface area contributed by atoms with Gasteiger partial charge in [0.05, 0.1) is 0 Å². The van der Waals surface area contributed by atoms with Crippen LogP contribution in [0.5, 0.6) is 11.5 Å². The summed E-state index contributed by atoms with van der Waals surface area (Å²) in [5.74, 6) is 1.44. The van der Waals surface area contributed by atoms with Crippen molar-refractivity contribution in [2.45, 2.75) is 13.3 Å². The van der Waals surface area contributed by atoms with Crippen molar-refractivity contribution in [1.29, 1.82) is 0 Å². The number of hydrogen-bond acceptors (Lipinski definition) is 6. The molecule has 196 valence electrons. The lowest BCUT2D eigenvalue weighted by Crippen LogP contribution is -2.30. The first-order valence-corrected chi connectivity index (χ1v) is 13.4. The highest BCUT2D eigenvalue weighted by Gasteiger charge is 2.18. The second-order valence-electron chi connectivity index (χ2n) is 9.09. The predicted molar refractivity (Wildman–Crippen MR) is 162 cm³/mol. The minimum Gasteiger partial charge on any atom is -0.492 e. The van der Waals surface area contributed by atoms with Crippen LogP contribution in [0.2, 0.25) is 0 Å². The van der Waals surface area contributed by atoms with Crippen molar-refractivity contribution in [3.63, 3.8) is 0 Å². The SMILES string of the molecule is CC/C(=C(/c1ccccc1)c1ccc(OCCN(C)C)cc1)c1cc(OCCN(C)I)cc(B(O)O)c1. The number of rotatable bonds is 13. The van der Waals surface area contributed by atoms with Gasteiger partial charge in [0.2, 0.25) is 0 Å². The molecule has 2 N–H and O–H groups in total. The normalized spacial score (nSPS) is 12.0. The van der Waals surface area contributed by atoms with E-state index in [-0.39, 0.29) is 0 Å². The van der Waals surface area contributed by atoms with Gasteiger partial charge in [-0.3, -0.25) is 0 Å². The highest BCUT2D eigenvalue weighted by atomic mass is 127. The molecular weight excluding hydrogens is 578 g/mol. The minimum atomic E-state index is -1.59. The van der Waals surface area contributed by atoms with Gasteiger partial charge in [0.1, 0.15) is 24.7 Å². The summed E-state index contributed by atoms with van der Waals surface area (Å²) < 4.78 is 13.9. The summed E-state index contributed by atoms with van der Waals surface area (Å²) in [6.07, 6.45) is 0.742. The van der Waals surface area contributed by atoms with Gasteiger partial charge in [0.25, 0.3) is 0 Å². The minimum absolute atomic E-state index is 0.401. The number of benzene rings is 3. The molecule has 0 spiro atoms. The van der Waals surface area contributed by atoms with Gasteiger partial charge >= 0.3 is 7.12 Å². The fourth-order valence-corrected chi connectivity index (χ4v) is 4.22. The van der Waals surface area contributed by atoms with Crippen LogP contribution in [0.4, 0.5) is 0 Å². The number of halogens is 1. The van der Waals surface area contributed by atoms with E-state index in [1.807, 2.05) is 66.7 Å². The Bertz CT molecular complexity index is 1150. The highest BCUT2D eigenvalue weighted by Crippen LogP contribution is 2.35. The van der Waals surface area contributed by atoms with E-state index in [9.17, 15) is 10.0 Å². The molecule has 3 aromatic rings. The molecule has 0 aliphatic heterocycles. The van der Waals surface area contributed by atoms with E-state index in [0.29, 0.717) is 24.4 Å². The van der Waals surface area contributed by atoms with E-state index in [0.717, 1.165) is 53.1 Å². The van der Waals surface area contributed by atoms with Gasteiger partial charge in [-0.25, -0.2) is 3.11 Å². The van der Waals surface area contributed by atoms with Gasteiger partial charge in [-0.15, -0.1) is 0 Å². The van der Waals surface area contributed by atoms with Crippen molar-refractivity contribution in [2.75, 3.05) is 47.4 Å². The van der Waals surface area contributed by atoms with Gasteiger partial charge in [0, 0.05) is 36.0 Å². The van der Waals surface area contributed by atoms with Crippen molar-refractivity contribution in [1.82, 2.24) is 8.01 Å². The Balaban J connectivity index is 2.08. The summed E-state index contributed by atoms with van der Waals surface area (Å²) >= 11 is 2.21. The third-order valence-electron chi connectivity index (χ3n) is 5.91. The molecule has 0 radical (unpaired) electrons. The number of allylic oxidation sites excluding steroid dienone is 1. The van der Waals surface area contributed by atoms with E-state index < -0.39 is 7.12 Å². The molecule has 0 heterocycles. The summed E-state index contributed by atoms with van der Waals surface area (Å²) in [5.41, 5.74) is 5.63. The van der Waals surface area contributed by atoms with Crippen molar-refractivity contribution in [3.8, 4) is 11.5 Å². The van der Waals surface area contributed by atoms with Crippen LogP contribution in [-0.4, -0.2) is 72.6 Å². The first-order chi connectivity index (χ1) is 17.8. The lowest BCUT2D eigenvalue weighted by molar-refractivity contribution is 0.261. The van der Waals surface area contributed by atoms with Crippen LogP contribution in [0.1, 0.15) is 30.0 Å². The molecule has 0 atom stereocenters. The van der Waals surface area contributed by atoms with E-state index in [4.69, 9.17) is 9.47 Å². The zero-order chi connectivity index (χ0) is 26.8. The van der Waals surface area contributed by atoms with Crippen molar-refractivity contribution in [2.24, 2.45) is 0 Å². The fraction of sp³-hybridized carbons (Fsp3) is 0.310. The average Bonchev–Trinajstić information content (AvgIpc) is 2.87. The van der Waals surface area contributed by atoms with E-state index in [2.05, 4.69) is 59.0 Å². The molecule has 0 fully saturated rings. The van der Waals surface area contributed by atoms with Crippen molar-refractivity contribution >= 4 is 46.6 Å². The maximum Gasteiger partial charge on any atom is 0.488 e. The summed E-state index contributed by atoms with van der Waals surface area (Å²) in [7, 11) is 4.44. The monoisotopic (exact) mass is 614 g/mol. The Labute approximate surface area is 235 Å². The lowest BCUT2D eigenvalue weighted by Gasteiger charge is -2.19. The van der Waals surface area contributed by atoms with Gasteiger partial charge < -0.3 is 24.4 Å². The predicted octanol–water partition coefficient (Wildman–Crippen LogP) is 4.34. The second kappa shape index (κ2) is 14.5. The van der Waals surface area contributed by atoms with Crippen LogP contribution in [0, 0.1) is 0 Å². The highest BCUT2D eigenvalue weighted by molar-refractivity contribution is 14.1. The quantitative estimate of drug-likeness (QED) is 0.129. The topological polar surface area (TPSA) is 65.4 Å². The van der Waals surface area contributed by atoms with Gasteiger partial charge in [-0.05, 0) is 85.1 Å². The largest absolute Gasteiger partial charge is 0.492 e. The lowest BCUT2D eigenvalue weighted by atomic mass is 9.78. The van der Waals surface area contributed by atoms with Gasteiger partial charge in [-0.2, -0.15) is 0 Å². The summed E-state index contributed by atoms with van der Waals surface area (Å²) in [6, 6.07) is 24.0. The number of ether oxygens (including phenoxy) is 2. The van der Waals surface area contributed by atoms with Crippen LogP contribution in [0.15, 0.2) is 72.8 Å². The number of likely N-dealkylation sites (N-methyl/N-ethyl adjacent to an activating group) is 2. The molecular formula is C29H36BIN2O4. The smallest absolute Gasteiger partial charge is 0.488 e. The molecule has 37 heavy (non-hydrogen) atoms. The summed E-state index contributed by atoms with van der Waals surface area (Å²) in [5, 5.41) is 20.0. The molecule has 6 nitrogen and oxygen atoms in total. The third-order valence-corrected chi connectivity index (χ3v) is 6.39. The molecule has 8 heteroatoms. The Kier molecular flexibility index (Phi) is 11.5. The van der Waals surface area contributed by atoms with E-state index >= 15 is 0 Å². The van der Waals surface area contributed by atoms with E-state index in [1.165, 1.54) is 0 Å². The zero-order valence-corrected chi connectivity index (χ0v) is 24.2. The number of hydrogen-bond donors (Lipinski definition) is 2. The maximum atomic E-state index is 10.0. The standard InChI is InChI=1S/C29H36BIN2O4/c1-5-28(24-19-25(30(34)35)21-27(20-24)37-18-16-33(4)31)29(22-9-7-6-8-10-22)23-11-13-26(14-12-23)36-17-15-32(2)3/h6-14,19-21,34-35H,5,15-18H2,1-4H3/b29-28+. The molecule has 0 unspecified atom stereocenters. The Morgan fingerprint density at radius 3 is 2.00 bits per heavy atom. The molecule has 0 saturated heterocycles. The molecule has 0 amide bonds. The van der Waals surface area contributed by atoms with Crippen molar-refractivity contribution in [3.05, 3.63) is 89.5 Å². The van der Waals surface area contributed by atoms with Crippen LogP contribution in [0.25, 0.3) is 11.1 Å². The molecule has 0 saturated carbocycles. The Hall–Kier alpha value is -2.37. The van der Waals surface area contributed by atoms with Crippen LogP contribution in [0.3, 0.4) is 0 Å².